The normalized spacial score (nSPS) is 11.7. The van der Waals surface area contributed by atoms with Gasteiger partial charge in [-0.2, -0.15) is 0 Å². The summed E-state index contributed by atoms with van der Waals surface area (Å²) in [5.41, 5.74) is 1.74. The highest BCUT2D eigenvalue weighted by atomic mass is 19.4. The van der Waals surface area contributed by atoms with Crippen molar-refractivity contribution in [1.29, 1.82) is 0 Å². The Hall–Kier alpha value is -4.13. The van der Waals surface area contributed by atoms with E-state index in [-0.39, 0.29) is 11.4 Å². The summed E-state index contributed by atoms with van der Waals surface area (Å²) in [4.78, 5) is 18.0. The molecule has 0 atom stereocenters. The molecule has 0 amide bonds. The third-order valence-corrected chi connectivity index (χ3v) is 5.11. The summed E-state index contributed by atoms with van der Waals surface area (Å²) in [6, 6.07) is 25.7. The second kappa shape index (κ2) is 7.53. The molecule has 0 aliphatic heterocycles. The third kappa shape index (κ3) is 3.58. The van der Waals surface area contributed by atoms with E-state index in [1.165, 1.54) is 22.8 Å². The summed E-state index contributed by atoms with van der Waals surface area (Å²) in [5, 5.41) is 1.83. The van der Waals surface area contributed by atoms with E-state index >= 15 is 0 Å². The predicted molar refractivity (Wildman–Crippen MR) is 116 cm³/mol. The Balaban J connectivity index is 1.78. The molecule has 158 valence electrons. The number of rotatable bonds is 3. The number of benzene rings is 4. The van der Waals surface area contributed by atoms with Crippen LogP contribution in [0.5, 0.6) is 5.75 Å². The van der Waals surface area contributed by atoms with Gasteiger partial charge in [-0.25, -0.2) is 4.98 Å². The summed E-state index contributed by atoms with van der Waals surface area (Å²) in [6.45, 7) is 0. The first kappa shape index (κ1) is 19.8. The number of ether oxygens (including phenoxy) is 1. The van der Waals surface area contributed by atoms with Crippen LogP contribution in [0.3, 0.4) is 0 Å². The van der Waals surface area contributed by atoms with Gasteiger partial charge in [0.15, 0.2) is 0 Å². The molecule has 5 rings (SSSR count). The van der Waals surface area contributed by atoms with E-state index in [9.17, 15) is 18.0 Å². The van der Waals surface area contributed by atoms with Gasteiger partial charge in [-0.15, -0.1) is 13.2 Å². The highest BCUT2D eigenvalue weighted by Gasteiger charge is 2.31. The number of alkyl halides is 3. The van der Waals surface area contributed by atoms with Crippen molar-refractivity contribution in [1.82, 2.24) is 9.55 Å². The first-order valence-corrected chi connectivity index (χ1v) is 9.77. The molecule has 32 heavy (non-hydrogen) atoms. The van der Waals surface area contributed by atoms with Gasteiger partial charge < -0.3 is 4.74 Å². The molecular weight excluding hydrogens is 417 g/mol. The van der Waals surface area contributed by atoms with Crippen molar-refractivity contribution >= 4 is 27.7 Å². The Labute approximate surface area is 180 Å². The van der Waals surface area contributed by atoms with Crippen LogP contribution < -0.4 is 4.74 Å². The molecule has 0 aliphatic carbocycles. The van der Waals surface area contributed by atoms with Gasteiger partial charge in [0.2, 0.25) is 0 Å². The van der Waals surface area contributed by atoms with E-state index in [2.05, 4.69) is 9.72 Å². The average Bonchev–Trinajstić information content (AvgIpc) is 3.16. The van der Waals surface area contributed by atoms with Crippen molar-refractivity contribution < 1.29 is 22.7 Å². The van der Waals surface area contributed by atoms with E-state index in [0.717, 1.165) is 10.8 Å². The number of carbonyl (C=O) groups is 1. The topological polar surface area (TPSA) is 44.1 Å². The first-order chi connectivity index (χ1) is 15.4. The number of hydrogen-bond acceptors (Lipinski definition) is 3. The van der Waals surface area contributed by atoms with E-state index in [1.807, 2.05) is 42.5 Å². The number of aromatic nitrogens is 2. The molecule has 1 heterocycles. The van der Waals surface area contributed by atoms with Crippen molar-refractivity contribution in [2.45, 2.75) is 6.36 Å². The smallest absolute Gasteiger partial charge is 0.406 e. The fourth-order valence-corrected chi connectivity index (χ4v) is 3.77. The largest absolute Gasteiger partial charge is 0.573 e. The maximum Gasteiger partial charge on any atom is 0.573 e. The second-order valence-corrected chi connectivity index (χ2v) is 7.17. The zero-order chi connectivity index (χ0) is 22.3. The minimum absolute atomic E-state index is 0.221. The van der Waals surface area contributed by atoms with Crippen molar-refractivity contribution in [3.8, 4) is 17.1 Å². The molecule has 0 bridgehead atoms. The molecular formula is C25H15F3N2O2. The number of imidazole rings is 1. The van der Waals surface area contributed by atoms with Gasteiger partial charge in [0.1, 0.15) is 11.6 Å². The van der Waals surface area contributed by atoms with E-state index in [0.29, 0.717) is 22.5 Å². The Morgan fingerprint density at radius 1 is 0.844 bits per heavy atom. The third-order valence-electron chi connectivity index (χ3n) is 5.11. The average molecular weight is 432 g/mol. The lowest BCUT2D eigenvalue weighted by atomic mass is 10.0. The molecule has 0 saturated carbocycles. The lowest BCUT2D eigenvalue weighted by molar-refractivity contribution is -0.274. The van der Waals surface area contributed by atoms with Gasteiger partial charge in [-0.3, -0.25) is 9.36 Å². The molecule has 5 aromatic rings. The minimum atomic E-state index is -4.82. The lowest BCUT2D eigenvalue weighted by Gasteiger charge is -2.11. The van der Waals surface area contributed by atoms with Gasteiger partial charge in [0.05, 0.1) is 11.0 Å². The van der Waals surface area contributed by atoms with Crippen molar-refractivity contribution in [3.63, 3.8) is 0 Å². The molecule has 0 saturated heterocycles. The number of fused-ring (bicyclic) bond motifs is 2. The Kier molecular flexibility index (Phi) is 4.66. The van der Waals surface area contributed by atoms with Gasteiger partial charge in [0, 0.05) is 17.2 Å². The fraction of sp³-hybridized carbons (Fsp3) is 0.0400. The maximum absolute atomic E-state index is 13.5. The summed E-state index contributed by atoms with van der Waals surface area (Å²) in [5.74, 6) is -0.387. The molecule has 0 aliphatic rings. The van der Waals surface area contributed by atoms with Crippen LogP contribution in [-0.2, 0) is 0 Å². The monoisotopic (exact) mass is 432 g/mol. The highest BCUT2D eigenvalue weighted by Crippen LogP contribution is 2.33. The summed E-state index contributed by atoms with van der Waals surface area (Å²) >= 11 is 0. The van der Waals surface area contributed by atoms with Crippen LogP contribution in [0.15, 0.2) is 91.0 Å². The first-order valence-electron chi connectivity index (χ1n) is 9.77. The Morgan fingerprint density at radius 2 is 1.56 bits per heavy atom. The zero-order valence-electron chi connectivity index (χ0n) is 16.5. The molecule has 4 aromatic carbocycles. The number of nitrogens with zero attached hydrogens (tertiary/aromatic N) is 2. The van der Waals surface area contributed by atoms with Gasteiger partial charge >= 0.3 is 6.36 Å². The molecule has 0 N–H and O–H groups in total. The quantitative estimate of drug-likeness (QED) is 0.329. The molecule has 7 heteroatoms. The van der Waals surface area contributed by atoms with Crippen molar-refractivity contribution in [3.05, 3.63) is 96.6 Å². The SMILES string of the molecule is O=C(c1ccccc1)n1c(-c2cccc3ccccc23)nc2cc(OC(F)(F)F)ccc21. The van der Waals surface area contributed by atoms with Gasteiger partial charge in [-0.1, -0.05) is 60.7 Å². The van der Waals surface area contributed by atoms with E-state index in [1.54, 1.807) is 30.3 Å². The Morgan fingerprint density at radius 3 is 2.34 bits per heavy atom. The van der Waals surface area contributed by atoms with Crippen LogP contribution in [0.1, 0.15) is 10.4 Å². The standard InChI is InChI=1S/C25H15F3N2O2/c26-25(27,28)32-18-13-14-22-21(15-18)29-23(30(22)24(31)17-8-2-1-3-9-17)20-12-6-10-16-7-4-5-11-19(16)20/h1-15H. The van der Waals surface area contributed by atoms with Gasteiger partial charge in [-0.05, 0) is 35.0 Å². The van der Waals surface area contributed by atoms with Crippen LogP contribution in [0, 0.1) is 0 Å². The highest BCUT2D eigenvalue weighted by molar-refractivity contribution is 6.06. The minimum Gasteiger partial charge on any atom is -0.406 e. The number of halogens is 3. The maximum atomic E-state index is 13.5. The van der Waals surface area contributed by atoms with E-state index in [4.69, 9.17) is 0 Å². The van der Waals surface area contributed by atoms with Crippen LogP contribution in [-0.4, -0.2) is 21.8 Å². The van der Waals surface area contributed by atoms with Crippen molar-refractivity contribution in [2.24, 2.45) is 0 Å². The molecule has 0 spiro atoms. The molecule has 0 unspecified atom stereocenters. The van der Waals surface area contributed by atoms with Gasteiger partial charge in [0.25, 0.3) is 5.91 Å². The molecule has 0 radical (unpaired) electrons. The van der Waals surface area contributed by atoms with Crippen LogP contribution in [0.25, 0.3) is 33.2 Å². The molecule has 0 fully saturated rings. The zero-order valence-corrected chi connectivity index (χ0v) is 16.5. The fourth-order valence-electron chi connectivity index (χ4n) is 3.77. The Bertz CT molecular complexity index is 1450. The number of hydrogen-bond donors (Lipinski definition) is 0. The second-order valence-electron chi connectivity index (χ2n) is 7.17. The summed E-state index contributed by atoms with van der Waals surface area (Å²) < 4.78 is 43.6. The molecule has 4 nitrogen and oxygen atoms in total. The summed E-state index contributed by atoms with van der Waals surface area (Å²) in [6.07, 6.45) is -4.82. The van der Waals surface area contributed by atoms with Crippen LogP contribution >= 0.6 is 0 Å². The van der Waals surface area contributed by atoms with Crippen LogP contribution in [0.4, 0.5) is 13.2 Å². The van der Waals surface area contributed by atoms with Crippen molar-refractivity contribution in [2.75, 3.05) is 0 Å². The lowest BCUT2D eigenvalue weighted by Crippen LogP contribution is -2.17. The number of carbonyl (C=O) groups excluding carboxylic acids is 1. The van der Waals surface area contributed by atoms with E-state index < -0.39 is 12.1 Å². The molecule has 1 aromatic heterocycles. The predicted octanol–water partition coefficient (Wildman–Crippen LogP) is 6.44. The summed E-state index contributed by atoms with van der Waals surface area (Å²) in [7, 11) is 0. The van der Waals surface area contributed by atoms with Crippen LogP contribution in [0.2, 0.25) is 0 Å².